The first-order valence-electron chi connectivity index (χ1n) is 7.58. The molecule has 1 aliphatic heterocycles. The molecule has 2 rings (SSSR count). The number of amides is 1. The van der Waals surface area contributed by atoms with E-state index in [2.05, 4.69) is 25.8 Å². The molecule has 0 N–H and O–H groups in total. The highest BCUT2D eigenvalue weighted by Crippen LogP contribution is 2.34. The van der Waals surface area contributed by atoms with Crippen molar-refractivity contribution in [2.45, 2.75) is 47.0 Å². The van der Waals surface area contributed by atoms with E-state index in [4.69, 9.17) is 0 Å². The van der Waals surface area contributed by atoms with E-state index in [0.29, 0.717) is 11.3 Å². The minimum absolute atomic E-state index is 0.136. The maximum Gasteiger partial charge on any atom is 0.272 e. The average molecular weight is 277 g/mol. The van der Waals surface area contributed by atoms with E-state index < -0.39 is 0 Å². The van der Waals surface area contributed by atoms with Crippen LogP contribution < -0.4 is 0 Å². The second-order valence-electron chi connectivity index (χ2n) is 7.08. The topological polar surface area (TPSA) is 38.1 Å². The van der Waals surface area contributed by atoms with E-state index in [-0.39, 0.29) is 5.91 Å². The van der Waals surface area contributed by atoms with Gasteiger partial charge in [0.1, 0.15) is 5.69 Å². The Kier molecular flexibility index (Phi) is 4.21. The molecule has 1 amide bonds. The lowest BCUT2D eigenvalue weighted by Crippen LogP contribution is -2.34. The molecule has 1 aliphatic rings. The summed E-state index contributed by atoms with van der Waals surface area (Å²) in [6, 6.07) is 0. The molecule has 0 aromatic carbocycles. The largest absolute Gasteiger partial charge is 0.337 e. The van der Waals surface area contributed by atoms with Gasteiger partial charge in [-0.25, -0.2) is 4.98 Å². The number of rotatable bonds is 1. The molecule has 0 bridgehead atoms. The van der Waals surface area contributed by atoms with Crippen molar-refractivity contribution >= 4 is 5.91 Å². The molecule has 20 heavy (non-hydrogen) atoms. The molecule has 1 saturated heterocycles. The predicted molar refractivity (Wildman–Crippen MR) is 80.6 cm³/mol. The first kappa shape index (κ1) is 15.1. The van der Waals surface area contributed by atoms with Gasteiger partial charge in [-0.3, -0.25) is 4.79 Å². The molecule has 0 aliphatic carbocycles. The van der Waals surface area contributed by atoms with Crippen LogP contribution in [0.2, 0.25) is 0 Å². The summed E-state index contributed by atoms with van der Waals surface area (Å²) >= 11 is 0. The first-order chi connectivity index (χ1) is 9.30. The molecular formula is C16H27N3O. The maximum atomic E-state index is 12.7. The highest BCUT2D eigenvalue weighted by Gasteiger charge is 2.29. The number of hydrogen-bond donors (Lipinski definition) is 0. The second kappa shape index (κ2) is 5.58. The molecule has 0 radical (unpaired) electrons. The number of aromatic nitrogens is 2. The monoisotopic (exact) mass is 277 g/mol. The summed E-state index contributed by atoms with van der Waals surface area (Å²) < 4.78 is 1.84. The van der Waals surface area contributed by atoms with Crippen molar-refractivity contribution in [1.29, 1.82) is 0 Å². The van der Waals surface area contributed by atoms with E-state index in [1.807, 2.05) is 23.4 Å². The molecule has 4 heteroatoms. The zero-order valence-electron chi connectivity index (χ0n) is 13.4. The fourth-order valence-electron chi connectivity index (χ4n) is 3.17. The third kappa shape index (κ3) is 3.05. The van der Waals surface area contributed by atoms with Crippen LogP contribution in [-0.2, 0) is 7.05 Å². The van der Waals surface area contributed by atoms with Gasteiger partial charge in [0, 0.05) is 20.1 Å². The standard InChI is InChI=1S/C16H27N3O/c1-12-14(18(5)11-17-12)15(20)19-9-6-7-13(8-10-19)16(2,3)4/h11,13H,6-10H2,1-5H3/t13-/m0/s1. The average Bonchev–Trinajstić information content (AvgIpc) is 2.58. The van der Waals surface area contributed by atoms with E-state index in [1.165, 1.54) is 6.42 Å². The van der Waals surface area contributed by atoms with E-state index in [0.717, 1.165) is 37.3 Å². The van der Waals surface area contributed by atoms with Gasteiger partial charge in [-0.05, 0) is 37.5 Å². The Balaban J connectivity index is 2.09. The number of imidazole rings is 1. The van der Waals surface area contributed by atoms with Gasteiger partial charge in [0.2, 0.25) is 0 Å². The SMILES string of the molecule is Cc1ncn(C)c1C(=O)N1CCC[C@H](C(C)(C)C)CC1. The summed E-state index contributed by atoms with van der Waals surface area (Å²) in [5.41, 5.74) is 1.90. The van der Waals surface area contributed by atoms with Crippen molar-refractivity contribution in [2.24, 2.45) is 18.4 Å². The number of hydrogen-bond acceptors (Lipinski definition) is 2. The van der Waals surface area contributed by atoms with Crippen LogP contribution in [0.15, 0.2) is 6.33 Å². The third-order valence-electron chi connectivity index (χ3n) is 4.56. The Labute approximate surface area is 122 Å². The maximum absolute atomic E-state index is 12.7. The quantitative estimate of drug-likeness (QED) is 0.791. The summed E-state index contributed by atoms with van der Waals surface area (Å²) in [7, 11) is 1.89. The Hall–Kier alpha value is -1.32. The zero-order valence-corrected chi connectivity index (χ0v) is 13.4. The van der Waals surface area contributed by atoms with Crippen molar-refractivity contribution in [2.75, 3.05) is 13.1 Å². The molecule has 0 spiro atoms. The van der Waals surface area contributed by atoms with E-state index >= 15 is 0 Å². The third-order valence-corrected chi connectivity index (χ3v) is 4.56. The number of carbonyl (C=O) groups excluding carboxylic acids is 1. The zero-order chi connectivity index (χ0) is 14.9. The predicted octanol–water partition coefficient (Wildman–Crippen LogP) is 3.02. The van der Waals surface area contributed by atoms with Crippen molar-refractivity contribution in [3.63, 3.8) is 0 Å². The van der Waals surface area contributed by atoms with Crippen LogP contribution in [0.5, 0.6) is 0 Å². The van der Waals surface area contributed by atoms with Crippen molar-refractivity contribution in [3.8, 4) is 0 Å². The van der Waals surface area contributed by atoms with Crippen LogP contribution in [0, 0.1) is 18.3 Å². The number of nitrogens with zero attached hydrogens (tertiary/aromatic N) is 3. The summed E-state index contributed by atoms with van der Waals surface area (Å²) in [5, 5.41) is 0. The van der Waals surface area contributed by atoms with Crippen LogP contribution >= 0.6 is 0 Å². The van der Waals surface area contributed by atoms with Gasteiger partial charge >= 0.3 is 0 Å². The summed E-state index contributed by atoms with van der Waals surface area (Å²) in [5.74, 6) is 0.838. The van der Waals surface area contributed by atoms with Crippen LogP contribution in [0.3, 0.4) is 0 Å². The molecule has 0 saturated carbocycles. The summed E-state index contributed by atoms with van der Waals surface area (Å²) in [4.78, 5) is 18.9. The molecule has 1 aromatic heterocycles. The number of carbonyl (C=O) groups is 1. The number of aryl methyl sites for hydroxylation is 2. The van der Waals surface area contributed by atoms with Gasteiger partial charge < -0.3 is 9.47 Å². The summed E-state index contributed by atoms with van der Waals surface area (Å²) in [6.07, 6.45) is 5.15. The molecule has 0 unspecified atom stereocenters. The minimum atomic E-state index is 0.136. The van der Waals surface area contributed by atoms with Gasteiger partial charge in [0.25, 0.3) is 5.91 Å². The highest BCUT2D eigenvalue weighted by molar-refractivity contribution is 5.93. The van der Waals surface area contributed by atoms with Crippen LogP contribution in [0.25, 0.3) is 0 Å². The van der Waals surface area contributed by atoms with Gasteiger partial charge in [-0.2, -0.15) is 0 Å². The lowest BCUT2D eigenvalue weighted by molar-refractivity contribution is 0.0745. The highest BCUT2D eigenvalue weighted by atomic mass is 16.2. The normalized spacial score (nSPS) is 20.9. The molecule has 2 heterocycles. The van der Waals surface area contributed by atoms with Crippen LogP contribution in [-0.4, -0.2) is 33.4 Å². The minimum Gasteiger partial charge on any atom is -0.337 e. The van der Waals surface area contributed by atoms with Gasteiger partial charge in [0.05, 0.1) is 12.0 Å². The van der Waals surface area contributed by atoms with Crippen LogP contribution in [0.1, 0.15) is 56.2 Å². The van der Waals surface area contributed by atoms with Crippen molar-refractivity contribution < 1.29 is 4.79 Å². The molecule has 112 valence electrons. The molecule has 1 atom stereocenters. The fraction of sp³-hybridized carbons (Fsp3) is 0.750. The Morgan fingerprint density at radius 1 is 1.30 bits per heavy atom. The smallest absolute Gasteiger partial charge is 0.272 e. The van der Waals surface area contributed by atoms with Gasteiger partial charge in [-0.1, -0.05) is 20.8 Å². The van der Waals surface area contributed by atoms with E-state index in [1.54, 1.807) is 6.33 Å². The first-order valence-corrected chi connectivity index (χ1v) is 7.58. The Bertz CT molecular complexity index is 465. The summed E-state index contributed by atoms with van der Waals surface area (Å²) in [6.45, 7) is 10.6. The van der Waals surface area contributed by atoms with Crippen LogP contribution in [0.4, 0.5) is 0 Å². The Morgan fingerprint density at radius 3 is 2.55 bits per heavy atom. The van der Waals surface area contributed by atoms with Gasteiger partial charge in [0.15, 0.2) is 0 Å². The molecule has 4 nitrogen and oxygen atoms in total. The van der Waals surface area contributed by atoms with Crippen molar-refractivity contribution in [1.82, 2.24) is 14.5 Å². The van der Waals surface area contributed by atoms with E-state index in [9.17, 15) is 4.79 Å². The lowest BCUT2D eigenvalue weighted by Gasteiger charge is -2.29. The lowest BCUT2D eigenvalue weighted by atomic mass is 9.77. The molecule has 1 aromatic rings. The fourth-order valence-corrected chi connectivity index (χ4v) is 3.17. The molecule has 1 fully saturated rings. The second-order valence-corrected chi connectivity index (χ2v) is 7.08. The Morgan fingerprint density at radius 2 is 2.00 bits per heavy atom. The molecular weight excluding hydrogens is 250 g/mol. The number of likely N-dealkylation sites (tertiary alicyclic amines) is 1. The van der Waals surface area contributed by atoms with Crippen molar-refractivity contribution in [3.05, 3.63) is 17.7 Å². The van der Waals surface area contributed by atoms with Gasteiger partial charge in [-0.15, -0.1) is 0 Å².